The first-order valence-corrected chi connectivity index (χ1v) is 144. The molecule has 2 rings (SSSR count). The second kappa shape index (κ2) is 105. The molecule has 0 aliphatic rings. The van der Waals surface area contributed by atoms with Gasteiger partial charge in [-0.15, -0.1) is 0 Å². The fourth-order valence-corrected chi connectivity index (χ4v) is 217. The molecular weight excluding hydrogens is 3380 g/mol. The minimum absolute atomic E-state index is 0.352. The van der Waals surface area contributed by atoms with Gasteiger partial charge < -0.3 is 14.8 Å². The molecule has 0 aliphatic heterocycles. The van der Waals surface area contributed by atoms with Crippen LogP contribution in [0.5, 0.6) is 0 Å². The van der Waals surface area contributed by atoms with Gasteiger partial charge in [0.15, 0.2) is 0 Å². The van der Waals surface area contributed by atoms with Crippen LogP contribution < -0.4 is 14.2 Å². The van der Waals surface area contributed by atoms with Crippen molar-refractivity contribution in [1.82, 2.24) is 10.6 Å². The van der Waals surface area contributed by atoms with Crippen LogP contribution in [0.25, 0.3) is 0 Å². The second-order valence-corrected chi connectivity index (χ2v) is 172. The van der Waals surface area contributed by atoms with Gasteiger partial charge in [0, 0.05) is 716 Å². The Morgan fingerprint density at radius 2 is 0.445 bits per heavy atom. The summed E-state index contributed by atoms with van der Waals surface area (Å²) in [7, 11) is 141. The van der Waals surface area contributed by atoms with Crippen LogP contribution in [0, 0.1) is 31.3 Å². The average Bonchev–Trinajstić information content (AvgIpc) is 0.804. The predicted molar refractivity (Wildman–Crippen MR) is 787 cm³/mol. The largest absolute Gasteiger partial charge is 0.467 e. The van der Waals surface area contributed by atoms with Gasteiger partial charge in [-0.1, -0.05) is 6.07 Å². The molecule has 10 nitrogen and oxygen atoms in total. The normalized spacial score (nSPS) is 9.75. The van der Waals surface area contributed by atoms with Crippen LogP contribution >= 0.6 is 22.6 Å². The summed E-state index contributed by atoms with van der Waals surface area (Å²) in [6.07, 6.45) is -0.494. The first-order chi connectivity index (χ1) is 61.7. The molecule has 2 amide bonds. The zero-order chi connectivity index (χ0) is 94.5. The molecule has 0 aromatic heterocycles. The van der Waals surface area contributed by atoms with E-state index in [0.29, 0.717) is 12.8 Å². The van der Waals surface area contributed by atoms with E-state index in [1.54, 1.807) is 148 Å². The molecule has 91 heteroatoms. The summed E-state index contributed by atoms with van der Waals surface area (Å²) in [5.74, 6) is -0.964. The second-order valence-electron chi connectivity index (χ2n) is 20.5. The standard InChI is InChI=1S/C17H24INO4.C17H24NO4.3CH3.S79.Sn/c1-10-7-12(13(18)8-11(10)2)9-14(15(20)22-6)19-16(21)23-17(3,4)5;1-11-7-8-13(9-12(11)2)10-14(15(19)21-6)18-16(20)22-17(3,4)5;;;;1-3-5-7-9-11-13-15-17-19-21-23-25-27-29-31-33-35-37-39-41-43-45-47-49-51-53-55-57-59-61-63-65-67-69-71-73-75-77-79-78-76-74-72-70-68-66-64-62-60-58-56-54-52-50-48-46-44-42-40-38-36-34-32-30-28-26-24-22-20-18-16-14-12-10-8-6-4-2;/h7-8,14H,9H2,1-6H3,(H,19,21);7,9,14H,10H2,1-6H3,(H,18,20);3*1H3;;/t2*14-;;;;;/m00...../s1. The molecule has 0 radical (unpaired) electrons. The van der Waals surface area contributed by atoms with Crippen molar-refractivity contribution in [2.45, 2.75) is 120 Å². The van der Waals surface area contributed by atoms with E-state index < -0.39 is 65.8 Å². The summed E-state index contributed by atoms with van der Waals surface area (Å²) in [5, 5.41) is 5.27. The van der Waals surface area contributed by atoms with Crippen LogP contribution in [0.3, 0.4) is 0 Å². The number of ether oxygens (including phenoxy) is 4. The maximum atomic E-state index is 12.3. The van der Waals surface area contributed by atoms with E-state index in [4.69, 9.17) is 41.3 Å². The molecule has 2 aromatic rings. The van der Waals surface area contributed by atoms with E-state index in [0.717, 1.165) is 20.3 Å². The number of nitrogens with one attached hydrogen (secondary N) is 2. The molecule has 0 spiro atoms. The Hall–Kier alpha value is 14.8. The maximum absolute atomic E-state index is 12.3. The number of hydrogen-bond donors (Lipinski definition) is 2. The molecule has 0 saturated carbocycles. The van der Waals surface area contributed by atoms with Crippen LogP contribution in [-0.2, 0) is 748 Å². The molecule has 0 fully saturated rings. The van der Waals surface area contributed by atoms with Crippen molar-refractivity contribution in [2.24, 2.45) is 0 Å². The number of rotatable bonds is 9. The van der Waals surface area contributed by atoms with Crippen molar-refractivity contribution >= 4 is 775 Å². The molecule has 2 aromatic carbocycles. The van der Waals surface area contributed by atoms with Crippen LogP contribution in [0.15, 0.2) is 24.3 Å². The first-order valence-electron chi connectivity index (χ1n) is 29.3. The van der Waals surface area contributed by atoms with Crippen molar-refractivity contribution in [1.29, 1.82) is 0 Å². The Morgan fingerprint density at radius 1 is 0.289 bits per heavy atom. The summed E-state index contributed by atoms with van der Waals surface area (Å²) in [6, 6.07) is 6.92. The molecule has 0 unspecified atom stereocenters. The zero-order valence-corrected chi connectivity index (χ0v) is 134. The molecule has 0 bridgehead atoms. The number of esters is 2. The Morgan fingerprint density at radius 3 is 0.609 bits per heavy atom. The van der Waals surface area contributed by atoms with Gasteiger partial charge in [-0.2, -0.15) is 0 Å². The van der Waals surface area contributed by atoms with Gasteiger partial charge in [-0.3, -0.25) is 0 Å². The van der Waals surface area contributed by atoms with E-state index in [1.165, 1.54) is 52.3 Å². The number of hydrogen-bond acceptors (Lipinski definition) is 10. The predicted octanol–water partition coefficient (Wildman–Crippen LogP) is 6.78. The number of carbonyl (C=O) groups excluding carboxylic acids is 4. The van der Waals surface area contributed by atoms with Gasteiger partial charge >= 0.3 is 174 Å². The summed E-state index contributed by atoms with van der Waals surface area (Å²) < 4.78 is 22.6. The third-order valence-corrected chi connectivity index (χ3v) is 185. The quantitative estimate of drug-likeness (QED) is 0.120. The number of aryl methyl sites for hydroxylation is 4. The van der Waals surface area contributed by atoms with Crippen molar-refractivity contribution in [3.8, 4) is 0 Å². The van der Waals surface area contributed by atoms with Gasteiger partial charge in [-0.05, 0) is 80.0 Å². The third kappa shape index (κ3) is 98.9. The third-order valence-electron chi connectivity index (χ3n) is 9.50. The van der Waals surface area contributed by atoms with E-state index in [-0.39, 0.29) is 0 Å². The van der Waals surface area contributed by atoms with Crippen molar-refractivity contribution in [3.05, 3.63) is 61.2 Å². The van der Waals surface area contributed by atoms with Gasteiger partial charge in [0.25, 0.3) is 0 Å². The number of halogens is 1. The number of alkyl carbamates (subject to hydrolysis) is 2. The minimum Gasteiger partial charge on any atom is -0.467 e. The smallest absolute Gasteiger partial charge is 0.408 e. The Balaban J connectivity index is 0.00000262. The molecule has 0 saturated heterocycles. The Labute approximate surface area is 993 Å². The Kier molecular flexibility index (Phi) is 117. The number of amides is 2. The van der Waals surface area contributed by atoms with Gasteiger partial charge in [-0.25, -0.2) is 9.59 Å². The summed E-state index contributed by atoms with van der Waals surface area (Å²) >= 11 is 9.48. The molecular formula is C37H57IN2O8S79Sn. The summed E-state index contributed by atoms with van der Waals surface area (Å²) in [5.41, 5.74) is 5.61. The number of benzene rings is 2. The van der Waals surface area contributed by atoms with Gasteiger partial charge in [0.2, 0.25) is 0 Å². The van der Waals surface area contributed by atoms with Gasteiger partial charge in [0.1, 0.15) is 11.6 Å². The van der Waals surface area contributed by atoms with E-state index in [2.05, 4.69) is 80.1 Å². The SMILES string of the molecule is COC(=O)[C@H](Cc1cc(C)c(C)c[c]1[Sn]([CH3])([CH3])[CH3])NC(=O)OC(C)(C)C.COC(=O)[C@H](Cc1cc(C)c(C)cc1I)NC(=O)OC(C)(C)C.S=S=S=S=S=S=S=S=S=S=S=S=S=S=S=S=S=S=S=S=S=S=S=S=S=S=S=S=S=S=S=S=S=S=S=S=S=S=S=S=S=S=S=S=S=S=S=S=S=S=S=S=S=S=S=S=S=S=S=S=S=S=S=S=S=S=S=S=S=S=S=S=S=S=S=S=S=S=S. The van der Waals surface area contributed by atoms with E-state index in [9.17, 15) is 19.2 Å². The fraction of sp³-hybridized carbons (Fsp3) is 0.568. The fourth-order valence-electron chi connectivity index (χ4n) is 5.60. The monoisotopic (exact) mass is 3430 g/mol. The minimum atomic E-state index is -2.40. The van der Waals surface area contributed by atoms with Crippen LogP contribution in [0.1, 0.15) is 74.9 Å². The molecule has 2 N–H and O–H groups in total. The average molecular weight is 3440 g/mol. The number of carbonyl (C=O) groups is 4. The van der Waals surface area contributed by atoms with Crippen LogP contribution in [-0.4, -0.2) is 80.0 Å². The number of methoxy groups -OCH3 is 2. The molecule has 128 heavy (non-hydrogen) atoms. The molecule has 0 heterocycles. The topological polar surface area (TPSA) is 129 Å². The van der Waals surface area contributed by atoms with Crippen LogP contribution in [0.2, 0.25) is 14.8 Å². The van der Waals surface area contributed by atoms with Gasteiger partial charge in [0.05, 0.1) is 7.11 Å². The molecule has 748 valence electrons. The van der Waals surface area contributed by atoms with E-state index >= 15 is 0 Å². The Bertz CT molecular complexity index is 8010. The van der Waals surface area contributed by atoms with E-state index in [1.807, 2.05) is 579 Å². The summed E-state index contributed by atoms with van der Waals surface area (Å²) in [6.45, 7) is 18.9. The van der Waals surface area contributed by atoms with Crippen LogP contribution in [0.4, 0.5) is 9.59 Å². The molecule has 0 aliphatic carbocycles. The van der Waals surface area contributed by atoms with Crippen molar-refractivity contribution in [2.75, 3.05) is 14.2 Å². The zero-order valence-electron chi connectivity index (χ0n) is 64.3. The van der Waals surface area contributed by atoms with Crippen molar-refractivity contribution in [3.63, 3.8) is 0 Å². The first kappa shape index (κ1) is 143. The van der Waals surface area contributed by atoms with Crippen molar-refractivity contribution < 1.29 is 38.1 Å². The maximum Gasteiger partial charge on any atom is 0.408 e. The summed E-state index contributed by atoms with van der Waals surface area (Å²) in [4.78, 5) is 55.4. The molecule has 2 atom stereocenters.